The Morgan fingerprint density at radius 1 is 1.31 bits per heavy atom. The minimum Gasteiger partial charge on any atom is -0.392 e. The number of nitrogens with zero attached hydrogens (tertiary/aromatic N) is 1. The summed E-state index contributed by atoms with van der Waals surface area (Å²) in [5, 5.41) is 22.8. The van der Waals surface area contributed by atoms with Crippen molar-refractivity contribution in [2.45, 2.75) is 64.2 Å². The molecule has 0 aromatic heterocycles. The van der Waals surface area contributed by atoms with E-state index in [0.717, 1.165) is 44.3 Å². The Balaban J connectivity index is 1.62. The number of piperidine rings is 1. The van der Waals surface area contributed by atoms with Gasteiger partial charge in [-0.2, -0.15) is 0 Å². The highest BCUT2D eigenvalue weighted by Crippen LogP contribution is 2.83. The first-order valence-electron chi connectivity index (χ1n) is 10.6. The zero-order valence-electron chi connectivity index (χ0n) is 15.9. The quantitative estimate of drug-likeness (QED) is 0.705. The summed E-state index contributed by atoms with van der Waals surface area (Å²) in [5.74, 6) is 1.16. The molecule has 0 aromatic carbocycles. The van der Waals surface area contributed by atoms with E-state index in [1.54, 1.807) is 0 Å². The predicted octanol–water partition coefficient (Wildman–Crippen LogP) is 2.00. The molecule has 142 valence electrons. The van der Waals surface area contributed by atoms with Crippen LogP contribution in [0.3, 0.4) is 0 Å². The van der Waals surface area contributed by atoms with Gasteiger partial charge < -0.3 is 10.2 Å². The Bertz CT molecular complexity index is 735. The molecule has 5 saturated carbocycles. The molecule has 2 spiro atoms. The molecule has 1 heterocycles. The van der Waals surface area contributed by atoms with E-state index in [-0.39, 0.29) is 40.0 Å². The fraction of sp³-hybridized carbons (Fsp3) is 0.864. The van der Waals surface area contributed by atoms with Crippen LogP contribution >= 0.6 is 0 Å². The van der Waals surface area contributed by atoms with Crippen molar-refractivity contribution in [3.63, 3.8) is 0 Å². The number of Topliss-reactive ketones (excluding diaryl/α,β-unsaturated/α-hetero) is 1. The van der Waals surface area contributed by atoms with Crippen LogP contribution in [-0.2, 0) is 4.79 Å². The fourth-order valence-corrected chi connectivity index (χ4v) is 9.75. The van der Waals surface area contributed by atoms with Crippen LogP contribution in [0.25, 0.3) is 0 Å². The van der Waals surface area contributed by atoms with Gasteiger partial charge in [0.05, 0.1) is 12.2 Å². The van der Waals surface area contributed by atoms with Gasteiger partial charge in [0.1, 0.15) is 5.78 Å². The number of rotatable bonds is 1. The number of hydrogen-bond acceptors (Lipinski definition) is 4. The van der Waals surface area contributed by atoms with Gasteiger partial charge in [-0.25, -0.2) is 0 Å². The Labute approximate surface area is 155 Å². The molecule has 4 nitrogen and oxygen atoms in total. The largest absolute Gasteiger partial charge is 0.392 e. The van der Waals surface area contributed by atoms with E-state index in [4.69, 9.17) is 0 Å². The van der Waals surface area contributed by atoms with E-state index in [1.807, 2.05) is 0 Å². The number of fused-ring (bicyclic) bond motifs is 1. The summed E-state index contributed by atoms with van der Waals surface area (Å²) in [6.45, 7) is 10.9. The lowest BCUT2D eigenvalue weighted by molar-refractivity contribution is -0.211. The van der Waals surface area contributed by atoms with Crippen molar-refractivity contribution in [2.24, 2.45) is 39.9 Å². The van der Waals surface area contributed by atoms with Crippen LogP contribution in [0.1, 0.15) is 46.0 Å². The summed E-state index contributed by atoms with van der Waals surface area (Å²) in [6, 6.07) is 0.331. The topological polar surface area (TPSA) is 60.8 Å². The molecule has 6 rings (SSSR count). The average molecular weight is 357 g/mol. The van der Waals surface area contributed by atoms with Crippen molar-refractivity contribution in [2.75, 3.05) is 13.1 Å². The highest BCUT2D eigenvalue weighted by atomic mass is 16.3. The summed E-state index contributed by atoms with van der Waals surface area (Å²) in [6.07, 6.45) is 3.50. The number of hydrogen-bond donors (Lipinski definition) is 2. The monoisotopic (exact) mass is 357 g/mol. The third kappa shape index (κ3) is 1.33. The van der Waals surface area contributed by atoms with Crippen molar-refractivity contribution in [1.29, 1.82) is 0 Å². The normalized spacial score (nSPS) is 62.7. The summed E-state index contributed by atoms with van der Waals surface area (Å²) < 4.78 is 0. The molecule has 7 bridgehead atoms. The average Bonchev–Trinajstić information content (AvgIpc) is 3.14. The lowest BCUT2D eigenvalue weighted by Crippen LogP contribution is -2.68. The van der Waals surface area contributed by atoms with Crippen LogP contribution < -0.4 is 0 Å². The zero-order chi connectivity index (χ0) is 18.2. The number of carbonyl (C=O) groups excluding carboxylic acids is 1. The smallest absolute Gasteiger partial charge is 0.140 e. The molecule has 1 aliphatic heterocycles. The van der Waals surface area contributed by atoms with Crippen LogP contribution in [0.4, 0.5) is 0 Å². The van der Waals surface area contributed by atoms with E-state index < -0.39 is 6.10 Å². The first-order chi connectivity index (χ1) is 12.3. The van der Waals surface area contributed by atoms with Crippen LogP contribution in [0.15, 0.2) is 12.2 Å². The molecule has 0 amide bonds. The fourth-order valence-electron chi connectivity index (χ4n) is 9.75. The van der Waals surface area contributed by atoms with Gasteiger partial charge in [-0.1, -0.05) is 20.4 Å². The Hall–Kier alpha value is -0.710. The van der Waals surface area contributed by atoms with Gasteiger partial charge in [0.15, 0.2) is 0 Å². The number of ketones is 1. The molecular formula is C22H31NO3. The first-order valence-corrected chi connectivity index (χ1v) is 10.6. The van der Waals surface area contributed by atoms with Crippen molar-refractivity contribution < 1.29 is 15.0 Å². The van der Waals surface area contributed by atoms with Crippen molar-refractivity contribution in [1.82, 2.24) is 4.90 Å². The van der Waals surface area contributed by atoms with Crippen LogP contribution in [0.2, 0.25) is 0 Å². The molecular weight excluding hydrogens is 326 g/mol. The van der Waals surface area contributed by atoms with Crippen LogP contribution in [0.5, 0.6) is 0 Å². The van der Waals surface area contributed by atoms with Gasteiger partial charge in [0, 0.05) is 35.8 Å². The third-order valence-corrected chi connectivity index (χ3v) is 10.4. The second-order valence-electron chi connectivity index (χ2n) is 10.7. The number of carbonyl (C=O) groups is 1. The number of aliphatic hydroxyl groups is 2. The molecule has 6 fully saturated rings. The lowest BCUT2D eigenvalue weighted by Gasteiger charge is -2.65. The molecule has 10 atom stereocenters. The molecule has 0 radical (unpaired) electrons. The van der Waals surface area contributed by atoms with E-state index in [0.29, 0.717) is 24.3 Å². The maximum atomic E-state index is 13.0. The molecule has 2 N–H and O–H groups in total. The Morgan fingerprint density at radius 2 is 2.08 bits per heavy atom. The second-order valence-corrected chi connectivity index (χ2v) is 10.7. The lowest BCUT2D eigenvalue weighted by atomic mass is 9.43. The summed E-state index contributed by atoms with van der Waals surface area (Å²) in [5.41, 5.74) is 0.598. The maximum Gasteiger partial charge on any atom is 0.140 e. The standard InChI is InChI=1S/C22H31NO3/c1-4-23-10-20(3)6-5-17(25)22-15(20)7-13(18(22)23)21-9-12(11(2)19(21)26)14(24)8-16(21)22/h12-13,15-19,25-26H,2,4-10H2,1,3H3/t12-,13-,15-,16-,17+,18?,19-,20+,21?,22+/m1/s1. The van der Waals surface area contributed by atoms with Crippen molar-refractivity contribution >= 4 is 5.78 Å². The second kappa shape index (κ2) is 4.47. The summed E-state index contributed by atoms with van der Waals surface area (Å²) >= 11 is 0. The zero-order valence-corrected chi connectivity index (χ0v) is 15.9. The van der Waals surface area contributed by atoms with E-state index in [2.05, 4.69) is 25.3 Å². The Kier molecular flexibility index (Phi) is 2.80. The van der Waals surface area contributed by atoms with Gasteiger partial charge in [-0.15, -0.1) is 0 Å². The summed E-state index contributed by atoms with van der Waals surface area (Å²) in [4.78, 5) is 15.6. The van der Waals surface area contributed by atoms with Gasteiger partial charge in [0.2, 0.25) is 0 Å². The number of likely N-dealkylation sites (tertiary alicyclic amines) is 1. The molecule has 26 heavy (non-hydrogen) atoms. The minimum atomic E-state index is -0.561. The minimum absolute atomic E-state index is 0.130. The molecule has 1 saturated heterocycles. The van der Waals surface area contributed by atoms with E-state index >= 15 is 0 Å². The van der Waals surface area contributed by atoms with Crippen molar-refractivity contribution in [3.05, 3.63) is 12.2 Å². The SMILES string of the molecule is C=C1[C@H]2CC3([C@@H]1O)[C@@H]1C[C@@H]4[C@@]5(C)CC[C@H](O)[C@@]4(C1N(CC)C5)[C@@H]3CC2=O. The molecule has 5 aliphatic carbocycles. The molecule has 0 aromatic rings. The molecule has 6 aliphatic rings. The van der Waals surface area contributed by atoms with Gasteiger partial charge in [-0.05, 0) is 61.0 Å². The van der Waals surface area contributed by atoms with Crippen molar-refractivity contribution in [3.8, 4) is 0 Å². The highest BCUT2D eigenvalue weighted by molar-refractivity contribution is 5.87. The maximum absolute atomic E-state index is 13.0. The van der Waals surface area contributed by atoms with Crippen LogP contribution in [0, 0.1) is 39.9 Å². The molecule has 2 unspecified atom stereocenters. The highest BCUT2D eigenvalue weighted by Gasteiger charge is 2.85. The van der Waals surface area contributed by atoms with Crippen LogP contribution in [-0.4, -0.2) is 52.2 Å². The third-order valence-electron chi connectivity index (χ3n) is 10.4. The van der Waals surface area contributed by atoms with Gasteiger partial charge >= 0.3 is 0 Å². The Morgan fingerprint density at radius 3 is 2.81 bits per heavy atom. The van der Waals surface area contributed by atoms with E-state index in [1.165, 1.54) is 0 Å². The van der Waals surface area contributed by atoms with Gasteiger partial charge in [0.25, 0.3) is 0 Å². The van der Waals surface area contributed by atoms with Gasteiger partial charge in [-0.3, -0.25) is 9.69 Å². The number of aliphatic hydroxyl groups excluding tert-OH is 2. The van der Waals surface area contributed by atoms with E-state index in [9.17, 15) is 15.0 Å². The first kappa shape index (κ1) is 16.3. The predicted molar refractivity (Wildman–Crippen MR) is 97.2 cm³/mol. The molecule has 4 heteroatoms. The summed E-state index contributed by atoms with van der Waals surface area (Å²) in [7, 11) is 0.